The van der Waals surface area contributed by atoms with Crippen molar-refractivity contribution in [3.63, 3.8) is 0 Å². The average Bonchev–Trinajstić information content (AvgIpc) is 2.91. The number of aromatic hydroxyl groups is 1. The number of fused-ring (bicyclic) bond motifs is 1. The Balaban J connectivity index is 1.65. The molecule has 4 atom stereocenters. The molecule has 0 radical (unpaired) electrons. The van der Waals surface area contributed by atoms with Gasteiger partial charge < -0.3 is 14.6 Å². The van der Waals surface area contributed by atoms with Crippen LogP contribution in [0.4, 0.5) is 0 Å². The summed E-state index contributed by atoms with van der Waals surface area (Å²) >= 11 is 0. The van der Waals surface area contributed by atoms with Crippen molar-refractivity contribution in [1.82, 2.24) is 0 Å². The summed E-state index contributed by atoms with van der Waals surface area (Å²) in [5, 5.41) is 10.7. The number of hydrogen-bond donors (Lipinski definition) is 1. The number of hydrogen-bond acceptors (Lipinski definition) is 4. The van der Waals surface area contributed by atoms with E-state index in [9.17, 15) is 9.90 Å². The Morgan fingerprint density at radius 2 is 1.48 bits per heavy atom. The van der Waals surface area contributed by atoms with E-state index in [1.807, 2.05) is 39.0 Å². The third-order valence-electron chi connectivity index (χ3n) is 9.25. The van der Waals surface area contributed by atoms with Gasteiger partial charge in [-0.25, -0.2) is 4.79 Å². The fourth-order valence-electron chi connectivity index (χ4n) is 6.18. The Morgan fingerprint density at radius 3 is 2.08 bits per heavy atom. The van der Waals surface area contributed by atoms with E-state index in [-0.39, 0.29) is 5.97 Å². The highest BCUT2D eigenvalue weighted by molar-refractivity contribution is 5.89. The van der Waals surface area contributed by atoms with Crippen molar-refractivity contribution in [1.29, 1.82) is 0 Å². The minimum Gasteiger partial charge on any atom is -0.507 e. The van der Waals surface area contributed by atoms with Gasteiger partial charge in [0.1, 0.15) is 23.2 Å². The van der Waals surface area contributed by atoms with E-state index in [0.717, 1.165) is 59.1 Å². The predicted molar refractivity (Wildman–Crippen MR) is 165 cm³/mol. The van der Waals surface area contributed by atoms with Crippen LogP contribution in [0.5, 0.6) is 11.5 Å². The topological polar surface area (TPSA) is 55.8 Å². The molecule has 0 saturated heterocycles. The lowest BCUT2D eigenvalue weighted by molar-refractivity contribution is -0.0752. The molecule has 4 nitrogen and oxygen atoms in total. The summed E-state index contributed by atoms with van der Waals surface area (Å²) in [6.07, 6.45) is 11.0. The van der Waals surface area contributed by atoms with E-state index in [1.165, 1.54) is 38.5 Å². The van der Waals surface area contributed by atoms with E-state index in [2.05, 4.69) is 34.6 Å². The molecule has 1 aliphatic rings. The number of carbonyl (C=O) groups excluding carboxylic acids is 1. The summed E-state index contributed by atoms with van der Waals surface area (Å²) in [6.45, 7) is 17.4. The van der Waals surface area contributed by atoms with E-state index < -0.39 is 11.7 Å². The number of carbonyl (C=O) groups is 1. The highest BCUT2D eigenvalue weighted by atomic mass is 16.6. The molecule has 0 saturated carbocycles. The highest BCUT2D eigenvalue weighted by Crippen LogP contribution is 2.45. The third kappa shape index (κ3) is 8.27. The lowest BCUT2D eigenvalue weighted by Gasteiger charge is -2.43. The minimum atomic E-state index is -0.636. The number of rotatable bonds is 14. The van der Waals surface area contributed by atoms with Crippen molar-refractivity contribution >= 4 is 5.97 Å². The Hall–Kier alpha value is -2.49. The summed E-state index contributed by atoms with van der Waals surface area (Å²) in [5.74, 6) is 3.11. The zero-order valence-electron chi connectivity index (χ0n) is 26.4. The van der Waals surface area contributed by atoms with E-state index in [1.54, 1.807) is 12.1 Å². The summed E-state index contributed by atoms with van der Waals surface area (Å²) in [4.78, 5) is 13.1. The van der Waals surface area contributed by atoms with Crippen LogP contribution in [-0.4, -0.2) is 22.8 Å². The average molecular weight is 551 g/mol. The van der Waals surface area contributed by atoms with Gasteiger partial charge in [0.2, 0.25) is 0 Å². The van der Waals surface area contributed by atoms with Gasteiger partial charge in [-0.2, -0.15) is 0 Å². The first-order chi connectivity index (χ1) is 18.9. The Labute approximate surface area is 243 Å². The van der Waals surface area contributed by atoms with Crippen molar-refractivity contribution in [3.05, 3.63) is 58.1 Å². The molecule has 0 aromatic heterocycles. The molecule has 222 valence electrons. The number of benzene rings is 2. The van der Waals surface area contributed by atoms with Gasteiger partial charge in [-0.15, -0.1) is 0 Å². The second kappa shape index (κ2) is 14.4. The van der Waals surface area contributed by atoms with Crippen molar-refractivity contribution in [2.75, 3.05) is 0 Å². The van der Waals surface area contributed by atoms with Gasteiger partial charge in [0.05, 0.1) is 5.56 Å². The Kier molecular flexibility index (Phi) is 11.5. The Bertz CT molecular complexity index is 1110. The van der Waals surface area contributed by atoms with Crippen LogP contribution in [0.3, 0.4) is 0 Å². The lowest BCUT2D eigenvalue weighted by atomic mass is 9.81. The SMILES string of the molecule is Cc1c(C)c2c(c(C)c1O)CC(OC(=O)c1ccccc1)[C@](C)(CCC[C@H](C)CCC[C@@H](C)CCCC(C)C)O2. The normalized spacial score (nSPS) is 20.1. The van der Waals surface area contributed by atoms with Crippen molar-refractivity contribution in [3.8, 4) is 11.5 Å². The van der Waals surface area contributed by atoms with Gasteiger partial charge in [-0.1, -0.05) is 90.8 Å². The predicted octanol–water partition coefficient (Wildman–Crippen LogP) is 9.68. The second-order valence-corrected chi connectivity index (χ2v) is 13.3. The Morgan fingerprint density at radius 1 is 0.900 bits per heavy atom. The van der Waals surface area contributed by atoms with Gasteiger partial charge >= 0.3 is 5.97 Å². The summed E-state index contributed by atoms with van der Waals surface area (Å²) in [5.41, 5.74) is 3.48. The van der Waals surface area contributed by atoms with Crippen LogP contribution in [0.25, 0.3) is 0 Å². The van der Waals surface area contributed by atoms with Gasteiger partial charge in [0, 0.05) is 12.0 Å². The molecule has 1 heterocycles. The first-order valence-corrected chi connectivity index (χ1v) is 15.7. The summed E-state index contributed by atoms with van der Waals surface area (Å²) < 4.78 is 12.9. The van der Waals surface area contributed by atoms with Gasteiger partial charge in [0.15, 0.2) is 0 Å². The van der Waals surface area contributed by atoms with Crippen LogP contribution in [-0.2, 0) is 11.2 Å². The van der Waals surface area contributed by atoms with Gasteiger partial charge in [-0.05, 0) is 87.1 Å². The molecule has 4 heteroatoms. The van der Waals surface area contributed by atoms with Crippen LogP contribution in [0.1, 0.15) is 125 Å². The zero-order chi connectivity index (χ0) is 29.4. The van der Waals surface area contributed by atoms with Crippen LogP contribution in [0, 0.1) is 38.5 Å². The van der Waals surface area contributed by atoms with E-state index >= 15 is 0 Å². The van der Waals surface area contributed by atoms with E-state index in [4.69, 9.17) is 9.47 Å². The maximum absolute atomic E-state index is 13.1. The smallest absolute Gasteiger partial charge is 0.338 e. The highest BCUT2D eigenvalue weighted by Gasteiger charge is 2.45. The molecule has 0 spiro atoms. The minimum absolute atomic E-state index is 0.305. The first kappa shape index (κ1) is 32.0. The molecule has 1 N–H and O–H groups in total. The molecule has 3 rings (SSSR count). The monoisotopic (exact) mass is 550 g/mol. The molecule has 40 heavy (non-hydrogen) atoms. The fourth-order valence-corrected chi connectivity index (χ4v) is 6.18. The van der Waals surface area contributed by atoms with Gasteiger partial charge in [-0.3, -0.25) is 0 Å². The van der Waals surface area contributed by atoms with Crippen LogP contribution >= 0.6 is 0 Å². The fraction of sp³-hybridized carbons (Fsp3) is 0.639. The molecule has 1 aliphatic heterocycles. The van der Waals surface area contributed by atoms with E-state index in [0.29, 0.717) is 23.7 Å². The van der Waals surface area contributed by atoms with Crippen LogP contribution in [0.2, 0.25) is 0 Å². The molecule has 0 fully saturated rings. The standard InChI is InChI=1S/C36H54O4/c1-24(2)15-12-16-25(3)17-13-18-26(4)19-14-22-36(8)32(39-35(38)30-20-10-9-11-21-30)23-31-29(7)33(37)27(5)28(6)34(31)40-36/h9-11,20-21,24-26,32,37H,12-19,22-23H2,1-8H3/t25-,26+,32?,36-/m0/s1. The first-order valence-electron chi connectivity index (χ1n) is 15.7. The van der Waals surface area contributed by atoms with Crippen molar-refractivity contribution in [2.45, 2.75) is 131 Å². The number of ether oxygens (including phenoxy) is 2. The number of phenolic OH excluding ortho intramolecular Hbond substituents is 1. The largest absolute Gasteiger partial charge is 0.507 e. The molecule has 0 amide bonds. The quantitative estimate of drug-likeness (QED) is 0.238. The molecule has 0 aliphatic carbocycles. The lowest BCUT2D eigenvalue weighted by Crippen LogP contribution is -2.51. The van der Waals surface area contributed by atoms with Crippen molar-refractivity contribution < 1.29 is 19.4 Å². The maximum atomic E-state index is 13.1. The number of phenols is 1. The van der Waals surface area contributed by atoms with Crippen LogP contribution < -0.4 is 4.74 Å². The molecule has 1 unspecified atom stereocenters. The molecule has 2 aromatic carbocycles. The third-order valence-corrected chi connectivity index (χ3v) is 9.25. The van der Waals surface area contributed by atoms with Gasteiger partial charge in [0.25, 0.3) is 0 Å². The molecular weight excluding hydrogens is 496 g/mol. The number of esters is 1. The molecular formula is C36H54O4. The van der Waals surface area contributed by atoms with Crippen LogP contribution in [0.15, 0.2) is 30.3 Å². The summed E-state index contributed by atoms with van der Waals surface area (Å²) in [7, 11) is 0. The summed E-state index contributed by atoms with van der Waals surface area (Å²) in [6, 6.07) is 9.17. The maximum Gasteiger partial charge on any atom is 0.338 e. The van der Waals surface area contributed by atoms with Crippen molar-refractivity contribution in [2.24, 2.45) is 17.8 Å². The zero-order valence-corrected chi connectivity index (χ0v) is 26.4. The molecule has 2 aromatic rings. The molecule has 0 bridgehead atoms. The second-order valence-electron chi connectivity index (χ2n) is 13.3.